The molecule has 21 heavy (non-hydrogen) atoms. The van der Waals surface area contributed by atoms with Crippen molar-refractivity contribution >= 4 is 11.6 Å². The van der Waals surface area contributed by atoms with Crippen LogP contribution in [0.3, 0.4) is 0 Å². The largest absolute Gasteiger partial charge is 0.411 e. The molecular weight excluding hydrogens is 264 g/mol. The standard InChI is InChI=1S/C17H30N2O2/c1-4-14-12-19(10-7-15(14)18-21)16(20)17(11-13(2)3)8-5-6-9-17/h13-14,21H,4-12H2,1-3H3. The molecule has 0 radical (unpaired) electrons. The number of likely N-dealkylation sites (tertiary alicyclic amines) is 1. The van der Waals surface area contributed by atoms with E-state index in [0.717, 1.165) is 44.4 Å². The highest BCUT2D eigenvalue weighted by Crippen LogP contribution is 2.45. The van der Waals surface area contributed by atoms with Crippen LogP contribution < -0.4 is 0 Å². The monoisotopic (exact) mass is 294 g/mol. The Labute approximate surface area is 128 Å². The Morgan fingerprint density at radius 2 is 2.10 bits per heavy atom. The molecule has 1 N–H and O–H groups in total. The summed E-state index contributed by atoms with van der Waals surface area (Å²) in [6.07, 6.45) is 7.15. The topological polar surface area (TPSA) is 52.9 Å². The second kappa shape index (κ2) is 6.80. The Bertz CT molecular complexity index is 398. The summed E-state index contributed by atoms with van der Waals surface area (Å²) in [5.74, 6) is 1.16. The molecule has 0 aromatic carbocycles. The second-order valence-corrected chi connectivity index (χ2v) is 7.28. The molecule has 120 valence electrons. The molecule has 1 amide bonds. The molecule has 1 saturated heterocycles. The number of carbonyl (C=O) groups is 1. The van der Waals surface area contributed by atoms with E-state index >= 15 is 0 Å². The van der Waals surface area contributed by atoms with Gasteiger partial charge in [-0.25, -0.2) is 0 Å². The van der Waals surface area contributed by atoms with Gasteiger partial charge >= 0.3 is 0 Å². The van der Waals surface area contributed by atoms with Gasteiger partial charge in [0.05, 0.1) is 5.71 Å². The van der Waals surface area contributed by atoms with Crippen molar-refractivity contribution in [3.8, 4) is 0 Å². The number of oxime groups is 1. The van der Waals surface area contributed by atoms with Crippen molar-refractivity contribution in [2.24, 2.45) is 22.4 Å². The van der Waals surface area contributed by atoms with Crippen molar-refractivity contribution in [3.05, 3.63) is 0 Å². The predicted molar refractivity (Wildman–Crippen MR) is 84.6 cm³/mol. The minimum absolute atomic E-state index is 0.111. The molecule has 2 aliphatic rings. The third-order valence-corrected chi connectivity index (χ3v) is 5.27. The van der Waals surface area contributed by atoms with Gasteiger partial charge in [0.1, 0.15) is 0 Å². The molecule has 4 nitrogen and oxygen atoms in total. The second-order valence-electron chi connectivity index (χ2n) is 7.28. The lowest BCUT2D eigenvalue weighted by molar-refractivity contribution is -0.143. The predicted octanol–water partition coefficient (Wildman–Crippen LogP) is 3.68. The Morgan fingerprint density at radius 1 is 1.43 bits per heavy atom. The van der Waals surface area contributed by atoms with Crippen LogP contribution in [0.1, 0.15) is 65.7 Å². The van der Waals surface area contributed by atoms with Gasteiger partial charge in [0.2, 0.25) is 5.91 Å². The average Bonchev–Trinajstić information content (AvgIpc) is 2.94. The maximum absolute atomic E-state index is 13.1. The lowest BCUT2D eigenvalue weighted by Crippen LogP contribution is -2.50. The van der Waals surface area contributed by atoms with Gasteiger partial charge in [-0.05, 0) is 31.6 Å². The fourth-order valence-electron chi connectivity index (χ4n) is 4.27. The van der Waals surface area contributed by atoms with Crippen molar-refractivity contribution in [2.75, 3.05) is 13.1 Å². The summed E-state index contributed by atoms with van der Waals surface area (Å²) in [6.45, 7) is 7.98. The van der Waals surface area contributed by atoms with Crippen LogP contribution in [-0.2, 0) is 4.79 Å². The fraction of sp³-hybridized carbons (Fsp3) is 0.882. The highest BCUT2D eigenvalue weighted by Gasteiger charge is 2.44. The van der Waals surface area contributed by atoms with E-state index in [4.69, 9.17) is 5.21 Å². The van der Waals surface area contributed by atoms with Crippen LogP contribution in [0.4, 0.5) is 0 Å². The van der Waals surface area contributed by atoms with Gasteiger partial charge < -0.3 is 10.1 Å². The van der Waals surface area contributed by atoms with Gasteiger partial charge in [-0.2, -0.15) is 0 Å². The molecule has 1 unspecified atom stereocenters. The summed E-state index contributed by atoms with van der Waals surface area (Å²) in [5.41, 5.74) is 0.756. The quantitative estimate of drug-likeness (QED) is 0.635. The fourth-order valence-corrected chi connectivity index (χ4v) is 4.27. The van der Waals surface area contributed by atoms with E-state index in [1.807, 2.05) is 0 Å². The van der Waals surface area contributed by atoms with Crippen molar-refractivity contribution in [3.63, 3.8) is 0 Å². The first kappa shape index (κ1) is 16.3. The van der Waals surface area contributed by atoms with E-state index in [1.54, 1.807) is 0 Å². The number of piperidine rings is 1. The van der Waals surface area contributed by atoms with Crippen LogP contribution in [0.15, 0.2) is 5.16 Å². The van der Waals surface area contributed by atoms with E-state index < -0.39 is 0 Å². The van der Waals surface area contributed by atoms with Crippen molar-refractivity contribution in [2.45, 2.75) is 65.7 Å². The Kier molecular flexibility index (Phi) is 5.28. The molecule has 2 rings (SSSR count). The number of rotatable bonds is 4. The summed E-state index contributed by atoms with van der Waals surface area (Å²) < 4.78 is 0. The smallest absolute Gasteiger partial charge is 0.228 e. The number of carbonyl (C=O) groups excluding carboxylic acids is 1. The molecule has 4 heteroatoms. The molecule has 0 spiro atoms. The Morgan fingerprint density at radius 3 is 2.62 bits per heavy atom. The molecule has 0 bridgehead atoms. The van der Waals surface area contributed by atoms with Crippen LogP contribution >= 0.6 is 0 Å². The third-order valence-electron chi connectivity index (χ3n) is 5.27. The number of amides is 1. The van der Waals surface area contributed by atoms with Gasteiger partial charge in [-0.1, -0.05) is 38.8 Å². The molecule has 0 aromatic rings. The van der Waals surface area contributed by atoms with Crippen molar-refractivity contribution in [1.82, 2.24) is 4.90 Å². The van der Waals surface area contributed by atoms with E-state index in [1.165, 1.54) is 12.8 Å². The molecule has 1 aliphatic carbocycles. The molecule has 2 fully saturated rings. The zero-order chi connectivity index (χ0) is 15.5. The van der Waals surface area contributed by atoms with Gasteiger partial charge in [0, 0.05) is 30.8 Å². The van der Waals surface area contributed by atoms with E-state index in [2.05, 4.69) is 30.8 Å². The van der Waals surface area contributed by atoms with Gasteiger partial charge in [-0.15, -0.1) is 0 Å². The highest BCUT2D eigenvalue weighted by molar-refractivity contribution is 5.90. The Hall–Kier alpha value is -1.06. The van der Waals surface area contributed by atoms with Crippen LogP contribution in [0.25, 0.3) is 0 Å². The zero-order valence-electron chi connectivity index (χ0n) is 13.8. The summed E-state index contributed by atoms with van der Waals surface area (Å²) in [4.78, 5) is 15.2. The van der Waals surface area contributed by atoms with Gasteiger partial charge in [0.25, 0.3) is 0 Å². The minimum Gasteiger partial charge on any atom is -0.411 e. The highest BCUT2D eigenvalue weighted by atomic mass is 16.4. The summed E-state index contributed by atoms with van der Waals surface area (Å²) >= 11 is 0. The SMILES string of the molecule is CCC1CN(C(=O)C2(CC(C)C)CCCC2)CCC1=NO. The van der Waals surface area contributed by atoms with Crippen molar-refractivity contribution < 1.29 is 10.0 Å². The first-order valence-corrected chi connectivity index (χ1v) is 8.52. The van der Waals surface area contributed by atoms with Crippen LogP contribution in [0, 0.1) is 17.3 Å². The first-order valence-electron chi connectivity index (χ1n) is 8.52. The average molecular weight is 294 g/mol. The van der Waals surface area contributed by atoms with Crippen molar-refractivity contribution in [1.29, 1.82) is 0 Å². The molecular formula is C17H30N2O2. The maximum Gasteiger partial charge on any atom is 0.228 e. The van der Waals surface area contributed by atoms with E-state index in [-0.39, 0.29) is 11.3 Å². The molecule has 1 heterocycles. The summed E-state index contributed by atoms with van der Waals surface area (Å²) in [7, 11) is 0. The summed E-state index contributed by atoms with van der Waals surface area (Å²) in [5, 5.41) is 12.5. The number of hydrogen-bond donors (Lipinski definition) is 1. The number of nitrogens with zero attached hydrogens (tertiary/aromatic N) is 2. The van der Waals surface area contributed by atoms with Gasteiger partial charge in [0.15, 0.2) is 0 Å². The normalized spacial score (nSPS) is 27.5. The lowest BCUT2D eigenvalue weighted by atomic mass is 9.76. The maximum atomic E-state index is 13.1. The molecule has 1 atom stereocenters. The lowest BCUT2D eigenvalue weighted by Gasteiger charge is -2.40. The summed E-state index contributed by atoms with van der Waals surface area (Å²) in [6, 6.07) is 0. The van der Waals surface area contributed by atoms with E-state index in [9.17, 15) is 4.79 Å². The van der Waals surface area contributed by atoms with Crippen LogP contribution in [-0.4, -0.2) is 34.8 Å². The minimum atomic E-state index is -0.111. The van der Waals surface area contributed by atoms with E-state index in [0.29, 0.717) is 18.4 Å². The number of hydrogen-bond acceptors (Lipinski definition) is 3. The van der Waals surface area contributed by atoms with Crippen LogP contribution in [0.5, 0.6) is 0 Å². The molecule has 0 aromatic heterocycles. The third kappa shape index (κ3) is 3.41. The Balaban J connectivity index is 2.11. The zero-order valence-corrected chi connectivity index (χ0v) is 13.8. The van der Waals surface area contributed by atoms with Gasteiger partial charge in [-0.3, -0.25) is 4.79 Å². The molecule has 1 aliphatic heterocycles. The molecule has 1 saturated carbocycles. The first-order chi connectivity index (χ1) is 10.0. The van der Waals surface area contributed by atoms with Crippen LogP contribution in [0.2, 0.25) is 0 Å².